The molecule has 0 N–H and O–H groups in total. The summed E-state index contributed by atoms with van der Waals surface area (Å²) in [7, 11) is 0. The summed E-state index contributed by atoms with van der Waals surface area (Å²) < 4.78 is 0. The van der Waals surface area contributed by atoms with Crippen LogP contribution in [-0.4, -0.2) is 9.97 Å². The van der Waals surface area contributed by atoms with Gasteiger partial charge in [-0.1, -0.05) is 93.6 Å². The van der Waals surface area contributed by atoms with E-state index in [1.165, 1.54) is 37.9 Å². The van der Waals surface area contributed by atoms with Gasteiger partial charge in [-0.25, -0.2) is 0 Å². The molecule has 0 atom stereocenters. The second kappa shape index (κ2) is 11.9. The molecule has 0 unspecified atom stereocenters. The van der Waals surface area contributed by atoms with E-state index in [4.69, 9.17) is 0 Å². The summed E-state index contributed by atoms with van der Waals surface area (Å²) in [5.41, 5.74) is 9.94. The van der Waals surface area contributed by atoms with Crippen molar-refractivity contribution >= 4 is 72.0 Å². The molecule has 0 fully saturated rings. The van der Waals surface area contributed by atoms with Gasteiger partial charge in [0.2, 0.25) is 0 Å². The maximum Gasteiger partial charge on any atom is 0.0645 e. The van der Waals surface area contributed by atoms with E-state index >= 15 is 0 Å². The molecule has 238 valence electrons. The lowest BCUT2D eigenvalue weighted by Gasteiger charge is -2.29. The van der Waals surface area contributed by atoms with E-state index in [-0.39, 0.29) is 5.41 Å². The number of benzene rings is 6. The van der Waals surface area contributed by atoms with Crippen molar-refractivity contribution in [1.29, 1.82) is 0 Å². The molecule has 49 heavy (non-hydrogen) atoms. The molecule has 8 aromatic rings. The minimum Gasteiger partial charge on any atom is -0.308 e. The minimum atomic E-state index is 0.0682. The molecule has 0 amide bonds. The van der Waals surface area contributed by atoms with Gasteiger partial charge in [0.1, 0.15) is 0 Å². The van der Waals surface area contributed by atoms with Crippen molar-refractivity contribution in [2.75, 3.05) is 9.80 Å². The van der Waals surface area contributed by atoms with Crippen LogP contribution in [-0.2, 0) is 5.41 Å². The van der Waals surface area contributed by atoms with E-state index < -0.39 is 0 Å². The first kappa shape index (κ1) is 30.3. The van der Waals surface area contributed by atoms with Crippen LogP contribution in [0, 0.1) is 0 Å². The van der Waals surface area contributed by atoms with Crippen molar-refractivity contribution in [2.24, 2.45) is 0 Å². The Kier molecular flexibility index (Phi) is 7.37. The van der Waals surface area contributed by atoms with E-state index in [1.54, 1.807) is 0 Å². The number of hydrogen-bond donors (Lipinski definition) is 0. The van der Waals surface area contributed by atoms with Crippen molar-refractivity contribution in [1.82, 2.24) is 9.97 Å². The normalized spacial score (nSPS) is 11.8. The molecule has 2 aromatic heterocycles. The van der Waals surface area contributed by atoms with Gasteiger partial charge in [0.15, 0.2) is 0 Å². The zero-order valence-electron chi connectivity index (χ0n) is 28.4. The van der Waals surface area contributed by atoms with Crippen LogP contribution in [0.25, 0.3) is 37.9 Å². The highest BCUT2D eigenvalue weighted by Gasteiger charge is 2.22. The number of rotatable bonds is 7. The molecule has 0 radical (unpaired) electrons. The van der Waals surface area contributed by atoms with Gasteiger partial charge in [0.25, 0.3) is 0 Å². The first-order chi connectivity index (χ1) is 23.8. The van der Waals surface area contributed by atoms with Crippen LogP contribution in [0.2, 0.25) is 0 Å². The molecule has 8 rings (SSSR count). The van der Waals surface area contributed by atoms with Crippen molar-refractivity contribution in [3.05, 3.63) is 164 Å². The SMILES string of the molecule is C=C(C)c1ccc(N(c2cccnc2)c2ccc3ccc4c(N(c5ccc(C(C)(C)C)cc5)c5cccnc5)ccc5ccc2c3c54)cc1. The Morgan fingerprint density at radius 2 is 0.980 bits per heavy atom. The molecule has 4 nitrogen and oxygen atoms in total. The molecular formula is C45H38N4. The number of allylic oxidation sites excluding steroid dienone is 1. The van der Waals surface area contributed by atoms with Crippen molar-refractivity contribution in [3.63, 3.8) is 0 Å². The fourth-order valence-corrected chi connectivity index (χ4v) is 6.99. The van der Waals surface area contributed by atoms with Crippen LogP contribution in [0.3, 0.4) is 0 Å². The molecule has 6 aromatic carbocycles. The number of nitrogens with zero attached hydrogens (tertiary/aromatic N) is 4. The summed E-state index contributed by atoms with van der Waals surface area (Å²) in [6.45, 7) is 12.9. The largest absolute Gasteiger partial charge is 0.308 e. The standard InChI is InChI=1S/C45H38N4/c1-30(2)31-10-18-35(19-11-31)48(37-8-6-26-46-28-37)41-24-14-32-13-23-40-42(25-15-33-12-22-39(41)43(32)44(33)40)49(38-9-7-27-47-29-38)36-20-16-34(17-21-36)45(3,4)5/h6-29H,1H2,2-5H3. The van der Waals surface area contributed by atoms with E-state index in [9.17, 15) is 0 Å². The Morgan fingerprint density at radius 3 is 1.39 bits per heavy atom. The fourth-order valence-electron chi connectivity index (χ4n) is 6.99. The predicted octanol–water partition coefficient (Wildman–Crippen LogP) is 12.6. The van der Waals surface area contributed by atoms with Gasteiger partial charge in [-0.3, -0.25) is 9.97 Å². The summed E-state index contributed by atoms with van der Waals surface area (Å²) in [5.74, 6) is 0. The average Bonchev–Trinajstić information content (AvgIpc) is 3.13. The molecular weight excluding hydrogens is 597 g/mol. The Morgan fingerprint density at radius 1 is 0.531 bits per heavy atom. The topological polar surface area (TPSA) is 32.3 Å². The Bertz CT molecular complexity index is 2430. The van der Waals surface area contributed by atoms with Gasteiger partial charge < -0.3 is 9.80 Å². The summed E-state index contributed by atoms with van der Waals surface area (Å²) in [5, 5.41) is 7.29. The highest BCUT2D eigenvalue weighted by molar-refractivity contribution is 6.28. The van der Waals surface area contributed by atoms with Gasteiger partial charge in [0.05, 0.1) is 35.1 Å². The minimum absolute atomic E-state index is 0.0682. The van der Waals surface area contributed by atoms with Crippen LogP contribution >= 0.6 is 0 Å². The molecule has 0 spiro atoms. The van der Waals surface area contributed by atoms with E-state index in [1.807, 2.05) is 43.8 Å². The van der Waals surface area contributed by atoms with Crippen LogP contribution in [0.15, 0.2) is 153 Å². The molecule has 0 aliphatic heterocycles. The highest BCUT2D eigenvalue weighted by atomic mass is 15.2. The fraction of sp³-hybridized carbons (Fsp3) is 0.111. The lowest BCUT2D eigenvalue weighted by atomic mass is 9.87. The van der Waals surface area contributed by atoms with Crippen LogP contribution in [0.5, 0.6) is 0 Å². The lowest BCUT2D eigenvalue weighted by Crippen LogP contribution is -2.13. The quantitative estimate of drug-likeness (QED) is 0.163. The third kappa shape index (κ3) is 5.36. The van der Waals surface area contributed by atoms with Gasteiger partial charge in [0, 0.05) is 34.5 Å². The zero-order chi connectivity index (χ0) is 33.7. The first-order valence-electron chi connectivity index (χ1n) is 16.8. The molecule has 2 heterocycles. The molecule has 0 bridgehead atoms. The summed E-state index contributed by atoms with van der Waals surface area (Å²) in [6, 6.07) is 43.9. The molecule has 0 aliphatic carbocycles. The number of pyridine rings is 2. The van der Waals surface area contributed by atoms with Crippen LogP contribution in [0.4, 0.5) is 34.1 Å². The maximum atomic E-state index is 4.52. The summed E-state index contributed by atoms with van der Waals surface area (Å²) in [6.07, 6.45) is 7.52. The second-order valence-corrected chi connectivity index (χ2v) is 13.8. The average molecular weight is 635 g/mol. The molecule has 4 heteroatoms. The summed E-state index contributed by atoms with van der Waals surface area (Å²) in [4.78, 5) is 13.7. The monoisotopic (exact) mass is 634 g/mol. The van der Waals surface area contributed by atoms with Crippen molar-refractivity contribution in [3.8, 4) is 0 Å². The van der Waals surface area contributed by atoms with E-state index in [0.29, 0.717) is 0 Å². The Labute approximate surface area is 288 Å². The van der Waals surface area contributed by atoms with Gasteiger partial charge >= 0.3 is 0 Å². The third-order valence-electron chi connectivity index (χ3n) is 9.52. The second-order valence-electron chi connectivity index (χ2n) is 13.8. The summed E-state index contributed by atoms with van der Waals surface area (Å²) >= 11 is 0. The molecule has 0 saturated heterocycles. The molecule has 0 saturated carbocycles. The number of hydrogen-bond acceptors (Lipinski definition) is 4. The predicted molar refractivity (Wildman–Crippen MR) is 209 cm³/mol. The van der Waals surface area contributed by atoms with Crippen molar-refractivity contribution < 1.29 is 0 Å². The van der Waals surface area contributed by atoms with Gasteiger partial charge in [-0.2, -0.15) is 0 Å². The maximum absolute atomic E-state index is 4.52. The van der Waals surface area contributed by atoms with E-state index in [0.717, 1.165) is 45.3 Å². The number of anilines is 6. The first-order valence-corrected chi connectivity index (χ1v) is 16.8. The van der Waals surface area contributed by atoms with Crippen molar-refractivity contribution in [2.45, 2.75) is 33.1 Å². The third-order valence-corrected chi connectivity index (χ3v) is 9.52. The van der Waals surface area contributed by atoms with Gasteiger partial charge in [-0.15, -0.1) is 0 Å². The molecule has 0 aliphatic rings. The highest BCUT2D eigenvalue weighted by Crippen LogP contribution is 2.47. The van der Waals surface area contributed by atoms with Crippen LogP contribution < -0.4 is 9.80 Å². The lowest BCUT2D eigenvalue weighted by molar-refractivity contribution is 0.590. The van der Waals surface area contributed by atoms with Gasteiger partial charge in [-0.05, 0) is 106 Å². The number of aromatic nitrogens is 2. The Hall–Kier alpha value is -6.00. The Balaban J connectivity index is 1.36. The zero-order valence-corrected chi connectivity index (χ0v) is 28.4. The smallest absolute Gasteiger partial charge is 0.0645 e. The van der Waals surface area contributed by atoms with Crippen LogP contribution in [0.1, 0.15) is 38.8 Å². The van der Waals surface area contributed by atoms with E-state index in [2.05, 4.69) is 156 Å².